The second-order valence-corrected chi connectivity index (χ2v) is 2.55. The molecule has 0 aliphatic heterocycles. The van der Waals surface area contributed by atoms with E-state index in [9.17, 15) is 0 Å². The van der Waals surface area contributed by atoms with Crippen LogP contribution in [0.1, 0.15) is 5.69 Å². The first-order valence-corrected chi connectivity index (χ1v) is 4.03. The smallest absolute Gasteiger partial charge is 0.133 e. The largest absolute Gasteiger partial charge is 0.506 e. The van der Waals surface area contributed by atoms with Gasteiger partial charge in [0.25, 0.3) is 0 Å². The maximum atomic E-state index is 8.94. The summed E-state index contributed by atoms with van der Waals surface area (Å²) in [4.78, 5) is 3.96. The van der Waals surface area contributed by atoms with Gasteiger partial charge >= 0.3 is 0 Å². The number of aromatic nitrogens is 1. The van der Waals surface area contributed by atoms with E-state index in [0.29, 0.717) is 19.8 Å². The maximum absolute atomic E-state index is 8.94. The van der Waals surface area contributed by atoms with Gasteiger partial charge < -0.3 is 14.6 Å². The molecule has 13 heavy (non-hydrogen) atoms. The highest BCUT2D eigenvalue weighted by Gasteiger charge is 1.94. The Morgan fingerprint density at radius 2 is 2.23 bits per heavy atom. The molecule has 4 heteroatoms. The third-order valence-electron chi connectivity index (χ3n) is 1.49. The van der Waals surface area contributed by atoms with E-state index in [-0.39, 0.29) is 5.75 Å². The summed E-state index contributed by atoms with van der Waals surface area (Å²) in [7, 11) is 1.63. The Labute approximate surface area is 77.1 Å². The standard InChI is InChI=1S/C9H13NO3/c1-12-4-5-13-7-8-2-3-9(11)6-10-8/h2-3,6,11H,4-5,7H2,1H3. The molecule has 0 aromatic carbocycles. The number of aromatic hydroxyl groups is 1. The van der Waals surface area contributed by atoms with Gasteiger partial charge in [-0.3, -0.25) is 4.98 Å². The first kappa shape index (κ1) is 9.95. The molecule has 0 amide bonds. The number of hydrogen-bond acceptors (Lipinski definition) is 4. The number of hydrogen-bond donors (Lipinski definition) is 1. The average molecular weight is 183 g/mol. The fraction of sp³-hybridized carbons (Fsp3) is 0.444. The quantitative estimate of drug-likeness (QED) is 0.690. The molecule has 0 aliphatic carbocycles. The maximum Gasteiger partial charge on any atom is 0.133 e. The summed E-state index contributed by atoms with van der Waals surface area (Å²) in [5.74, 6) is 0.167. The third kappa shape index (κ3) is 3.87. The zero-order valence-corrected chi connectivity index (χ0v) is 7.56. The molecule has 1 rings (SSSR count). The molecule has 0 radical (unpaired) electrons. The predicted molar refractivity (Wildman–Crippen MR) is 47.4 cm³/mol. The monoisotopic (exact) mass is 183 g/mol. The molecule has 0 aliphatic rings. The topological polar surface area (TPSA) is 51.6 Å². The Bertz CT molecular complexity index is 235. The van der Waals surface area contributed by atoms with Crippen LogP contribution in [0.15, 0.2) is 18.3 Å². The van der Waals surface area contributed by atoms with E-state index >= 15 is 0 Å². The molecule has 0 bridgehead atoms. The number of pyridine rings is 1. The molecule has 0 fully saturated rings. The Morgan fingerprint density at radius 1 is 1.38 bits per heavy atom. The lowest BCUT2D eigenvalue weighted by atomic mass is 10.3. The van der Waals surface area contributed by atoms with Crippen molar-refractivity contribution >= 4 is 0 Å². The minimum atomic E-state index is 0.167. The highest BCUT2D eigenvalue weighted by molar-refractivity contribution is 5.17. The van der Waals surface area contributed by atoms with Crippen molar-refractivity contribution in [2.75, 3.05) is 20.3 Å². The molecule has 0 atom stereocenters. The molecule has 0 unspecified atom stereocenters. The number of rotatable bonds is 5. The third-order valence-corrected chi connectivity index (χ3v) is 1.49. The van der Waals surface area contributed by atoms with Crippen LogP contribution < -0.4 is 0 Å². The molecule has 72 valence electrons. The Hall–Kier alpha value is -1.13. The normalized spacial score (nSPS) is 10.2. The van der Waals surface area contributed by atoms with E-state index in [1.54, 1.807) is 19.2 Å². The van der Waals surface area contributed by atoms with Gasteiger partial charge in [0.05, 0.1) is 31.7 Å². The van der Waals surface area contributed by atoms with Crippen molar-refractivity contribution in [1.82, 2.24) is 4.98 Å². The van der Waals surface area contributed by atoms with Gasteiger partial charge in [-0.2, -0.15) is 0 Å². The first-order chi connectivity index (χ1) is 6.33. The molecule has 0 saturated heterocycles. The minimum Gasteiger partial charge on any atom is -0.506 e. The van der Waals surface area contributed by atoms with Gasteiger partial charge in [-0.05, 0) is 12.1 Å². The van der Waals surface area contributed by atoms with Crippen molar-refractivity contribution in [3.05, 3.63) is 24.0 Å². The Balaban J connectivity index is 2.25. The highest BCUT2D eigenvalue weighted by atomic mass is 16.5. The van der Waals surface area contributed by atoms with Crippen LogP contribution in [0.5, 0.6) is 5.75 Å². The zero-order chi connectivity index (χ0) is 9.52. The second-order valence-electron chi connectivity index (χ2n) is 2.55. The molecule has 1 aromatic heterocycles. The molecule has 0 saturated carbocycles. The molecule has 1 N–H and O–H groups in total. The summed E-state index contributed by atoms with van der Waals surface area (Å²) in [6.45, 7) is 1.58. The van der Waals surface area contributed by atoms with Crippen molar-refractivity contribution < 1.29 is 14.6 Å². The van der Waals surface area contributed by atoms with Crippen LogP contribution in [0.25, 0.3) is 0 Å². The highest BCUT2D eigenvalue weighted by Crippen LogP contribution is 2.06. The Kier molecular flexibility index (Phi) is 4.21. The van der Waals surface area contributed by atoms with Crippen molar-refractivity contribution in [2.24, 2.45) is 0 Å². The van der Waals surface area contributed by atoms with Gasteiger partial charge in [0.1, 0.15) is 5.75 Å². The lowest BCUT2D eigenvalue weighted by Gasteiger charge is -2.02. The van der Waals surface area contributed by atoms with Crippen LogP contribution in [0.2, 0.25) is 0 Å². The molecule has 1 heterocycles. The predicted octanol–water partition coefficient (Wildman–Crippen LogP) is 0.950. The molecule has 4 nitrogen and oxygen atoms in total. The summed E-state index contributed by atoms with van der Waals surface area (Å²) in [5.41, 5.74) is 0.800. The zero-order valence-electron chi connectivity index (χ0n) is 7.56. The van der Waals surface area contributed by atoms with Crippen LogP contribution in [-0.4, -0.2) is 30.4 Å². The van der Waals surface area contributed by atoms with E-state index in [1.807, 2.05) is 0 Å². The minimum absolute atomic E-state index is 0.167. The van der Waals surface area contributed by atoms with E-state index in [2.05, 4.69) is 4.98 Å². The van der Waals surface area contributed by atoms with Crippen LogP contribution >= 0.6 is 0 Å². The fourth-order valence-corrected chi connectivity index (χ4v) is 0.821. The molecule has 0 spiro atoms. The van der Waals surface area contributed by atoms with Gasteiger partial charge in [-0.1, -0.05) is 0 Å². The average Bonchev–Trinajstić information content (AvgIpc) is 2.15. The summed E-state index contributed by atoms with van der Waals surface area (Å²) >= 11 is 0. The Morgan fingerprint density at radius 3 is 2.85 bits per heavy atom. The molecular formula is C9H13NO3. The summed E-state index contributed by atoms with van der Waals surface area (Å²) in [5, 5.41) is 8.94. The van der Waals surface area contributed by atoms with Crippen molar-refractivity contribution in [2.45, 2.75) is 6.61 Å². The summed E-state index contributed by atoms with van der Waals surface area (Å²) < 4.78 is 10.0. The van der Waals surface area contributed by atoms with Crippen LogP contribution in [0.3, 0.4) is 0 Å². The van der Waals surface area contributed by atoms with Gasteiger partial charge in [0.15, 0.2) is 0 Å². The lowest BCUT2D eigenvalue weighted by molar-refractivity contribution is 0.0602. The first-order valence-electron chi connectivity index (χ1n) is 4.03. The lowest BCUT2D eigenvalue weighted by Crippen LogP contribution is -2.02. The summed E-state index contributed by atoms with van der Waals surface area (Å²) in [6, 6.07) is 3.31. The number of methoxy groups -OCH3 is 1. The van der Waals surface area contributed by atoms with Crippen molar-refractivity contribution in [1.29, 1.82) is 0 Å². The van der Waals surface area contributed by atoms with Crippen molar-refractivity contribution in [3.63, 3.8) is 0 Å². The van der Waals surface area contributed by atoms with E-state index in [4.69, 9.17) is 14.6 Å². The summed E-state index contributed by atoms with van der Waals surface area (Å²) in [6.07, 6.45) is 1.40. The van der Waals surface area contributed by atoms with Gasteiger partial charge in [-0.15, -0.1) is 0 Å². The van der Waals surface area contributed by atoms with Gasteiger partial charge in [0.2, 0.25) is 0 Å². The van der Waals surface area contributed by atoms with Crippen LogP contribution in [0, 0.1) is 0 Å². The van der Waals surface area contributed by atoms with Gasteiger partial charge in [-0.25, -0.2) is 0 Å². The fourth-order valence-electron chi connectivity index (χ4n) is 0.821. The molecular weight excluding hydrogens is 170 g/mol. The van der Waals surface area contributed by atoms with Gasteiger partial charge in [0, 0.05) is 7.11 Å². The van der Waals surface area contributed by atoms with Crippen molar-refractivity contribution in [3.8, 4) is 5.75 Å². The SMILES string of the molecule is COCCOCc1ccc(O)cn1. The second kappa shape index (κ2) is 5.50. The number of ether oxygens (including phenoxy) is 2. The van der Waals surface area contributed by atoms with Crippen LogP contribution in [-0.2, 0) is 16.1 Å². The van der Waals surface area contributed by atoms with E-state index in [0.717, 1.165) is 5.69 Å². The molecule has 1 aromatic rings. The van der Waals surface area contributed by atoms with E-state index in [1.165, 1.54) is 6.20 Å². The number of nitrogens with zero attached hydrogens (tertiary/aromatic N) is 1. The van der Waals surface area contributed by atoms with E-state index < -0.39 is 0 Å². The van der Waals surface area contributed by atoms with Crippen LogP contribution in [0.4, 0.5) is 0 Å².